The number of hydrogen-bond donors (Lipinski definition) is 1. The summed E-state index contributed by atoms with van der Waals surface area (Å²) in [6.07, 6.45) is 0.482. The second-order valence-electron chi connectivity index (χ2n) is 4.91. The minimum Gasteiger partial charge on any atom is -0.399 e. The van der Waals surface area contributed by atoms with Gasteiger partial charge < -0.3 is 20.3 Å². The Morgan fingerprint density at radius 3 is 2.45 bits per heavy atom. The largest absolute Gasteiger partial charge is 0.399 e. The number of rotatable bonds is 5. The molecular formula is C15H23N3O2. The van der Waals surface area contributed by atoms with Crippen molar-refractivity contribution in [1.82, 2.24) is 4.90 Å². The fourth-order valence-electron chi connectivity index (χ4n) is 2.36. The third kappa shape index (κ3) is 3.87. The van der Waals surface area contributed by atoms with Crippen LogP contribution in [0.2, 0.25) is 0 Å². The summed E-state index contributed by atoms with van der Waals surface area (Å²) in [4.78, 5) is 16.2. The van der Waals surface area contributed by atoms with E-state index in [1.54, 1.807) is 0 Å². The van der Waals surface area contributed by atoms with Crippen LogP contribution in [0.4, 0.5) is 11.4 Å². The average Bonchev–Trinajstić information content (AvgIpc) is 2.48. The molecule has 0 aliphatic carbocycles. The Bertz CT molecular complexity index is 425. The summed E-state index contributed by atoms with van der Waals surface area (Å²) in [7, 11) is 0. The van der Waals surface area contributed by atoms with Gasteiger partial charge >= 0.3 is 0 Å². The van der Waals surface area contributed by atoms with Gasteiger partial charge in [-0.05, 0) is 31.2 Å². The van der Waals surface area contributed by atoms with Crippen LogP contribution in [0.3, 0.4) is 0 Å². The van der Waals surface area contributed by atoms with Crippen molar-refractivity contribution in [1.29, 1.82) is 0 Å². The molecule has 0 unspecified atom stereocenters. The lowest BCUT2D eigenvalue weighted by molar-refractivity contribution is -0.132. The Kier molecular flexibility index (Phi) is 5.24. The van der Waals surface area contributed by atoms with Crippen molar-refractivity contribution in [3.8, 4) is 0 Å². The molecule has 1 heterocycles. The van der Waals surface area contributed by atoms with Gasteiger partial charge in [0.1, 0.15) is 0 Å². The SMILES string of the molecule is CCOCCC(=O)N1CCN(c2ccc(N)cc2)CC1. The van der Waals surface area contributed by atoms with Crippen LogP contribution in [0, 0.1) is 0 Å². The van der Waals surface area contributed by atoms with Crippen LogP contribution in [0.1, 0.15) is 13.3 Å². The molecule has 0 bridgehead atoms. The van der Waals surface area contributed by atoms with Crippen molar-refractivity contribution in [2.24, 2.45) is 0 Å². The van der Waals surface area contributed by atoms with E-state index in [4.69, 9.17) is 10.5 Å². The fraction of sp³-hybridized carbons (Fsp3) is 0.533. The molecule has 1 fully saturated rings. The number of nitrogens with zero attached hydrogens (tertiary/aromatic N) is 2. The van der Waals surface area contributed by atoms with Crippen LogP contribution in [0.5, 0.6) is 0 Å². The van der Waals surface area contributed by atoms with Gasteiger partial charge in [0.2, 0.25) is 5.91 Å². The molecule has 110 valence electrons. The van der Waals surface area contributed by atoms with Crippen LogP contribution in [0.25, 0.3) is 0 Å². The van der Waals surface area contributed by atoms with Crippen molar-refractivity contribution in [3.63, 3.8) is 0 Å². The van der Waals surface area contributed by atoms with E-state index in [1.165, 1.54) is 5.69 Å². The smallest absolute Gasteiger partial charge is 0.225 e. The number of anilines is 2. The van der Waals surface area contributed by atoms with Gasteiger partial charge in [-0.1, -0.05) is 0 Å². The zero-order chi connectivity index (χ0) is 14.4. The normalized spacial score (nSPS) is 15.4. The van der Waals surface area contributed by atoms with Crippen LogP contribution >= 0.6 is 0 Å². The van der Waals surface area contributed by atoms with Gasteiger partial charge in [0.25, 0.3) is 0 Å². The highest BCUT2D eigenvalue weighted by Crippen LogP contribution is 2.18. The number of amides is 1. The number of ether oxygens (including phenoxy) is 1. The van der Waals surface area contributed by atoms with Crippen molar-refractivity contribution in [3.05, 3.63) is 24.3 Å². The predicted octanol–water partition coefficient (Wildman–Crippen LogP) is 1.34. The van der Waals surface area contributed by atoms with E-state index in [-0.39, 0.29) is 5.91 Å². The first kappa shape index (κ1) is 14.7. The van der Waals surface area contributed by atoms with Crippen molar-refractivity contribution >= 4 is 17.3 Å². The number of carbonyl (C=O) groups excluding carboxylic acids is 1. The van der Waals surface area contributed by atoms with Crippen LogP contribution in [-0.4, -0.2) is 50.2 Å². The minimum atomic E-state index is 0.190. The Hall–Kier alpha value is -1.75. The lowest BCUT2D eigenvalue weighted by Crippen LogP contribution is -2.49. The summed E-state index contributed by atoms with van der Waals surface area (Å²) in [5, 5.41) is 0. The van der Waals surface area contributed by atoms with Crippen molar-refractivity contribution < 1.29 is 9.53 Å². The second-order valence-corrected chi connectivity index (χ2v) is 4.91. The molecule has 1 aromatic carbocycles. The number of nitrogen functional groups attached to an aromatic ring is 1. The Balaban J connectivity index is 1.80. The van der Waals surface area contributed by atoms with Gasteiger partial charge in [0, 0.05) is 44.2 Å². The van der Waals surface area contributed by atoms with E-state index >= 15 is 0 Å². The third-order valence-electron chi connectivity index (χ3n) is 3.56. The molecule has 5 nitrogen and oxygen atoms in total. The first-order valence-corrected chi connectivity index (χ1v) is 7.16. The molecule has 2 rings (SSSR count). The van der Waals surface area contributed by atoms with Crippen molar-refractivity contribution in [2.45, 2.75) is 13.3 Å². The molecule has 0 atom stereocenters. The maximum Gasteiger partial charge on any atom is 0.225 e. The van der Waals surface area contributed by atoms with E-state index < -0.39 is 0 Å². The quantitative estimate of drug-likeness (QED) is 0.652. The summed E-state index contributed by atoms with van der Waals surface area (Å²) in [5.74, 6) is 0.190. The highest BCUT2D eigenvalue weighted by Gasteiger charge is 2.20. The molecule has 5 heteroatoms. The molecule has 0 spiro atoms. The van der Waals surface area contributed by atoms with E-state index in [9.17, 15) is 4.79 Å². The molecule has 20 heavy (non-hydrogen) atoms. The molecule has 1 saturated heterocycles. The van der Waals surface area contributed by atoms with E-state index in [0.717, 1.165) is 31.9 Å². The standard InChI is InChI=1S/C15H23N3O2/c1-2-20-12-7-15(19)18-10-8-17(9-11-18)14-5-3-13(16)4-6-14/h3-6H,2,7-12,16H2,1H3. The highest BCUT2D eigenvalue weighted by molar-refractivity contribution is 5.76. The number of benzene rings is 1. The topological polar surface area (TPSA) is 58.8 Å². The fourth-order valence-corrected chi connectivity index (χ4v) is 2.36. The number of nitrogens with two attached hydrogens (primary N) is 1. The zero-order valence-electron chi connectivity index (χ0n) is 12.0. The predicted molar refractivity (Wildman–Crippen MR) is 80.8 cm³/mol. The Morgan fingerprint density at radius 2 is 1.85 bits per heavy atom. The van der Waals surface area contributed by atoms with Gasteiger partial charge in [0.15, 0.2) is 0 Å². The lowest BCUT2D eigenvalue weighted by atomic mass is 10.2. The lowest BCUT2D eigenvalue weighted by Gasteiger charge is -2.36. The maximum absolute atomic E-state index is 12.0. The van der Waals surface area contributed by atoms with Gasteiger partial charge in [-0.25, -0.2) is 0 Å². The number of hydrogen-bond acceptors (Lipinski definition) is 4. The molecule has 2 N–H and O–H groups in total. The zero-order valence-corrected chi connectivity index (χ0v) is 12.0. The van der Waals surface area contributed by atoms with Crippen LogP contribution in [-0.2, 0) is 9.53 Å². The summed E-state index contributed by atoms with van der Waals surface area (Å²) in [5.41, 5.74) is 7.64. The summed E-state index contributed by atoms with van der Waals surface area (Å²) >= 11 is 0. The summed E-state index contributed by atoms with van der Waals surface area (Å²) < 4.78 is 5.23. The highest BCUT2D eigenvalue weighted by atomic mass is 16.5. The average molecular weight is 277 g/mol. The first-order chi connectivity index (χ1) is 9.70. The summed E-state index contributed by atoms with van der Waals surface area (Å²) in [6, 6.07) is 7.88. The molecule has 0 aromatic heterocycles. The Morgan fingerprint density at radius 1 is 1.20 bits per heavy atom. The number of piperazine rings is 1. The molecule has 0 radical (unpaired) electrons. The molecular weight excluding hydrogens is 254 g/mol. The van der Waals surface area contributed by atoms with Gasteiger partial charge in [0.05, 0.1) is 13.0 Å². The van der Waals surface area contributed by atoms with Crippen molar-refractivity contribution in [2.75, 3.05) is 50.0 Å². The molecule has 1 aromatic rings. The molecule has 0 saturated carbocycles. The summed E-state index contributed by atoms with van der Waals surface area (Å²) in [6.45, 7) is 6.40. The van der Waals surface area contributed by atoms with E-state index in [1.807, 2.05) is 36.1 Å². The first-order valence-electron chi connectivity index (χ1n) is 7.16. The van der Waals surface area contributed by atoms with Gasteiger partial charge in [-0.3, -0.25) is 4.79 Å². The number of carbonyl (C=O) groups is 1. The van der Waals surface area contributed by atoms with Crippen LogP contribution in [0.15, 0.2) is 24.3 Å². The monoisotopic (exact) mass is 277 g/mol. The molecule has 1 aliphatic rings. The van der Waals surface area contributed by atoms with Crippen LogP contribution < -0.4 is 10.6 Å². The molecule has 1 amide bonds. The van der Waals surface area contributed by atoms with Gasteiger partial charge in [-0.2, -0.15) is 0 Å². The Labute approximate surface area is 120 Å². The minimum absolute atomic E-state index is 0.190. The molecule has 1 aliphatic heterocycles. The third-order valence-corrected chi connectivity index (χ3v) is 3.56. The van der Waals surface area contributed by atoms with E-state index in [2.05, 4.69) is 4.90 Å². The second kappa shape index (κ2) is 7.14. The van der Waals surface area contributed by atoms with E-state index in [0.29, 0.717) is 19.6 Å². The van der Waals surface area contributed by atoms with Gasteiger partial charge in [-0.15, -0.1) is 0 Å². The maximum atomic E-state index is 12.0.